The maximum absolute atomic E-state index is 15.1. The first-order valence-electron chi connectivity index (χ1n) is 26.1. The lowest BCUT2D eigenvalue weighted by Gasteiger charge is -2.36. The van der Waals surface area contributed by atoms with E-state index in [1.807, 2.05) is 12.1 Å². The summed E-state index contributed by atoms with van der Waals surface area (Å²) in [6.07, 6.45) is 0. The minimum Gasteiger partial charge on any atom is -0.465 e. The number of carbonyl (C=O) groups is 2. The van der Waals surface area contributed by atoms with Gasteiger partial charge in [0.15, 0.2) is 0 Å². The molecular weight excluding hydrogens is 885 g/mol. The van der Waals surface area contributed by atoms with Gasteiger partial charge in [-0.15, -0.1) is 0 Å². The Kier molecular flexibility index (Phi) is 15.6. The smallest absolute Gasteiger partial charge is 0.340 e. The topological polar surface area (TPSA) is 59.1 Å². The van der Waals surface area contributed by atoms with Crippen LogP contribution < -0.4 is 9.80 Å². The highest BCUT2D eigenvalue weighted by atomic mass is 16.5. The molecule has 0 saturated heterocycles. The number of esters is 2. The number of carbonyl (C=O) groups excluding carboxylic acids is 2. The summed E-state index contributed by atoms with van der Waals surface area (Å²) < 4.78 is 11.7. The van der Waals surface area contributed by atoms with Crippen molar-refractivity contribution in [2.45, 2.75) is 209 Å². The lowest BCUT2D eigenvalue weighted by atomic mass is 9.79. The van der Waals surface area contributed by atoms with Crippen LogP contribution in [-0.4, -0.2) is 26.2 Å². The number of hydrogen-bond donors (Lipinski definition) is 0. The number of rotatable bonds is 8. The molecule has 5 rings (SSSR count). The third kappa shape index (κ3) is 12.9. The summed E-state index contributed by atoms with van der Waals surface area (Å²) in [4.78, 5) is 34.5. The summed E-state index contributed by atoms with van der Waals surface area (Å²) >= 11 is 0. The lowest BCUT2D eigenvalue weighted by molar-refractivity contribution is 0.0588. The van der Waals surface area contributed by atoms with E-state index >= 15 is 9.59 Å². The molecule has 0 heterocycles. The van der Waals surface area contributed by atoms with Crippen LogP contribution in [0.4, 0.5) is 34.1 Å². The predicted molar refractivity (Wildman–Crippen MR) is 308 cm³/mol. The van der Waals surface area contributed by atoms with Crippen LogP contribution in [0.15, 0.2) is 84.9 Å². The van der Waals surface area contributed by atoms with Gasteiger partial charge in [0.25, 0.3) is 0 Å². The number of anilines is 6. The summed E-state index contributed by atoms with van der Waals surface area (Å²) in [5, 5.41) is 0. The summed E-state index contributed by atoms with van der Waals surface area (Å²) in [5.41, 5.74) is 12.5. The molecule has 5 aromatic carbocycles. The van der Waals surface area contributed by atoms with Gasteiger partial charge in [-0.3, -0.25) is 0 Å². The number of nitrogens with zero attached hydrogens (tertiary/aromatic N) is 2. The first-order valence-corrected chi connectivity index (χ1v) is 26.1. The maximum Gasteiger partial charge on any atom is 0.340 e. The Hall–Kier alpha value is -5.36. The van der Waals surface area contributed by atoms with Gasteiger partial charge in [0.2, 0.25) is 0 Å². The monoisotopic (exact) mass is 977 g/mol. The fourth-order valence-electron chi connectivity index (χ4n) is 8.77. The quantitative estimate of drug-likeness (QED) is 0.144. The molecule has 0 bridgehead atoms. The highest BCUT2D eigenvalue weighted by molar-refractivity contribution is 6.07. The molecule has 0 amide bonds. The van der Waals surface area contributed by atoms with Crippen molar-refractivity contribution in [3.05, 3.63) is 141 Å². The van der Waals surface area contributed by atoms with E-state index in [4.69, 9.17) is 9.47 Å². The van der Waals surface area contributed by atoms with Crippen LogP contribution in [0.5, 0.6) is 0 Å². The van der Waals surface area contributed by atoms with Gasteiger partial charge in [0.05, 0.1) is 36.7 Å². The van der Waals surface area contributed by atoms with Crippen molar-refractivity contribution in [2.24, 2.45) is 0 Å². The van der Waals surface area contributed by atoms with Crippen molar-refractivity contribution in [3.63, 3.8) is 0 Å². The van der Waals surface area contributed by atoms with E-state index < -0.39 is 11.9 Å². The van der Waals surface area contributed by atoms with Crippen molar-refractivity contribution >= 4 is 46.1 Å². The molecule has 0 aromatic heterocycles. The standard InChI is InChI=1S/C66H92N2O4/c1-59(2,3)41-27-42(60(4,5)6)32-49(31-41)67(50-33-43(61(7,8)9)28-44(34-50)62(10,11)12)55-39-54(58(70)72-26)56(40-53(55)57(69)71-25)68(51-35-45(63(13,14)15)29-46(36-51)64(16,17)18)52-37-47(65(19,20)21)30-48(38-52)66(22,23)24/h27-40H,1-26H3. The van der Waals surface area contributed by atoms with Gasteiger partial charge in [-0.2, -0.15) is 0 Å². The molecule has 0 N–H and O–H groups in total. The molecule has 6 heteroatoms. The molecular formula is C66H92N2O4. The Morgan fingerprint density at radius 1 is 0.278 bits per heavy atom. The Labute approximate surface area is 437 Å². The van der Waals surface area contributed by atoms with Crippen LogP contribution in [0.25, 0.3) is 0 Å². The van der Waals surface area contributed by atoms with Crippen molar-refractivity contribution in [1.82, 2.24) is 0 Å². The van der Waals surface area contributed by atoms with Crippen LogP contribution >= 0.6 is 0 Å². The zero-order valence-corrected chi connectivity index (χ0v) is 49.6. The first-order chi connectivity index (χ1) is 32.5. The van der Waals surface area contributed by atoms with Crippen LogP contribution in [0.1, 0.15) is 231 Å². The highest BCUT2D eigenvalue weighted by Crippen LogP contribution is 2.49. The van der Waals surface area contributed by atoms with Gasteiger partial charge in [0.1, 0.15) is 0 Å². The van der Waals surface area contributed by atoms with Crippen molar-refractivity contribution in [2.75, 3.05) is 24.0 Å². The van der Waals surface area contributed by atoms with E-state index in [-0.39, 0.29) is 43.3 Å². The Morgan fingerprint density at radius 3 is 0.556 bits per heavy atom. The van der Waals surface area contributed by atoms with Crippen LogP contribution in [0.3, 0.4) is 0 Å². The average Bonchev–Trinajstić information content (AvgIpc) is 3.23. The highest BCUT2D eigenvalue weighted by Gasteiger charge is 2.34. The summed E-state index contributed by atoms with van der Waals surface area (Å²) in [6, 6.07) is 30.9. The van der Waals surface area contributed by atoms with Crippen molar-refractivity contribution < 1.29 is 19.1 Å². The van der Waals surface area contributed by atoms with Gasteiger partial charge < -0.3 is 19.3 Å². The molecule has 0 saturated carbocycles. The van der Waals surface area contributed by atoms with E-state index in [0.29, 0.717) is 22.5 Å². The minimum absolute atomic E-state index is 0.223. The first kappa shape index (κ1) is 57.5. The normalized spacial score (nSPS) is 13.2. The predicted octanol–water partition coefficient (Wildman–Crippen LogP) is 18.6. The van der Waals surface area contributed by atoms with Crippen molar-refractivity contribution in [1.29, 1.82) is 0 Å². The number of hydrogen-bond acceptors (Lipinski definition) is 6. The third-order valence-electron chi connectivity index (χ3n) is 14.0. The number of methoxy groups -OCH3 is 2. The third-order valence-corrected chi connectivity index (χ3v) is 14.0. The number of benzene rings is 5. The van der Waals surface area contributed by atoms with Gasteiger partial charge in [-0.25, -0.2) is 9.59 Å². The molecule has 0 radical (unpaired) electrons. The largest absolute Gasteiger partial charge is 0.465 e. The second kappa shape index (κ2) is 19.5. The fraction of sp³-hybridized carbons (Fsp3) is 0.515. The Balaban J connectivity index is 2.16. The van der Waals surface area contributed by atoms with E-state index in [2.05, 4.69) is 249 Å². The van der Waals surface area contributed by atoms with Gasteiger partial charge in [-0.05, 0) is 148 Å². The van der Waals surface area contributed by atoms with Crippen LogP contribution in [-0.2, 0) is 52.8 Å². The molecule has 0 unspecified atom stereocenters. The molecule has 0 aliphatic heterocycles. The fourth-order valence-corrected chi connectivity index (χ4v) is 8.77. The SMILES string of the molecule is COC(=O)c1cc(N(c2cc(C(C)(C)C)cc(C(C)(C)C)c2)c2cc(C(C)(C)C)cc(C(C)(C)C)c2)c(C(=O)OC)cc1N(c1cc(C(C)(C)C)cc(C(C)(C)C)c1)c1cc(C(C)(C)C)cc(C(C)(C)C)c1. The molecule has 0 atom stereocenters. The van der Waals surface area contributed by atoms with Gasteiger partial charge >= 0.3 is 11.9 Å². The lowest BCUT2D eigenvalue weighted by Crippen LogP contribution is -2.24. The zero-order valence-electron chi connectivity index (χ0n) is 49.6. The van der Waals surface area contributed by atoms with Gasteiger partial charge in [-0.1, -0.05) is 190 Å². The van der Waals surface area contributed by atoms with Crippen LogP contribution in [0, 0.1) is 0 Å². The van der Waals surface area contributed by atoms with E-state index in [1.165, 1.54) is 14.2 Å². The molecule has 0 aliphatic rings. The number of ether oxygens (including phenoxy) is 2. The van der Waals surface area contributed by atoms with E-state index in [0.717, 1.165) is 67.3 Å². The Bertz CT molecular complexity index is 2350. The second-order valence-electron chi connectivity index (χ2n) is 28.6. The van der Waals surface area contributed by atoms with E-state index in [1.54, 1.807) is 0 Å². The van der Waals surface area contributed by atoms with Crippen molar-refractivity contribution in [3.8, 4) is 0 Å². The summed E-state index contributed by atoms with van der Waals surface area (Å²) in [6.45, 7) is 53.6. The molecule has 6 nitrogen and oxygen atoms in total. The molecule has 0 fully saturated rings. The zero-order chi connectivity index (χ0) is 54.9. The minimum atomic E-state index is -0.531. The summed E-state index contributed by atoms with van der Waals surface area (Å²) in [7, 11) is 2.87. The van der Waals surface area contributed by atoms with E-state index in [9.17, 15) is 0 Å². The molecule has 72 heavy (non-hydrogen) atoms. The molecule has 0 spiro atoms. The molecule has 0 aliphatic carbocycles. The Morgan fingerprint density at radius 2 is 0.431 bits per heavy atom. The second-order valence-corrected chi connectivity index (χ2v) is 28.6. The summed E-state index contributed by atoms with van der Waals surface area (Å²) in [5.74, 6) is -1.06. The van der Waals surface area contributed by atoms with Gasteiger partial charge in [0, 0.05) is 22.7 Å². The van der Waals surface area contributed by atoms with Crippen LogP contribution in [0.2, 0.25) is 0 Å². The average molecular weight is 977 g/mol. The molecule has 390 valence electrons. The maximum atomic E-state index is 15.1. The molecule has 5 aromatic rings.